The molecule has 2 aromatic carbocycles. The molecule has 1 fully saturated rings. The number of imidazole rings is 1. The number of sulfonamides is 1. The quantitative estimate of drug-likeness (QED) is 0.345. The molecule has 1 atom stereocenters. The maximum Gasteiger partial charge on any atom is 0.410 e. The fourth-order valence-corrected chi connectivity index (χ4v) is 6.87. The van der Waals surface area contributed by atoms with Crippen LogP contribution in [0.15, 0.2) is 66.0 Å². The Labute approximate surface area is 255 Å². The van der Waals surface area contributed by atoms with Gasteiger partial charge in [0.15, 0.2) is 0 Å². The molecule has 0 aliphatic carbocycles. The van der Waals surface area contributed by atoms with Gasteiger partial charge in [0.25, 0.3) is 0 Å². The van der Waals surface area contributed by atoms with Crippen molar-refractivity contribution in [2.24, 2.45) is 13.0 Å². The second-order valence-electron chi connectivity index (χ2n) is 12.3. The van der Waals surface area contributed by atoms with E-state index in [-0.39, 0.29) is 16.9 Å². The summed E-state index contributed by atoms with van der Waals surface area (Å²) in [5, 5.41) is 9.32. The average Bonchev–Trinajstić information content (AvgIpc) is 3.36. The van der Waals surface area contributed by atoms with Crippen LogP contribution in [0.4, 0.5) is 10.5 Å². The van der Waals surface area contributed by atoms with Gasteiger partial charge in [0, 0.05) is 44.6 Å². The number of aryl methyl sites for hydroxylation is 2. The van der Waals surface area contributed by atoms with Crippen molar-refractivity contribution in [1.82, 2.24) is 19.2 Å². The lowest BCUT2D eigenvalue weighted by Crippen LogP contribution is -2.47. The SMILES string of the molecule is Cc1ccccc1S(=O)(=O)NC(CC1CCN(C(=O)OC(C)(C)C)CC1)CN(Cc1cncn1C)c1ccc(C#N)cc1. The molecule has 1 aliphatic heterocycles. The van der Waals surface area contributed by atoms with Crippen molar-refractivity contribution >= 4 is 21.8 Å². The van der Waals surface area contributed by atoms with E-state index in [1.54, 1.807) is 54.7 Å². The van der Waals surface area contributed by atoms with Crippen molar-refractivity contribution < 1.29 is 17.9 Å². The highest BCUT2D eigenvalue weighted by atomic mass is 32.2. The molecular weight excluding hydrogens is 564 g/mol. The van der Waals surface area contributed by atoms with Crippen LogP contribution in [0.1, 0.15) is 56.9 Å². The highest BCUT2D eigenvalue weighted by molar-refractivity contribution is 7.89. The van der Waals surface area contributed by atoms with Crippen LogP contribution in [-0.4, -0.2) is 60.2 Å². The van der Waals surface area contributed by atoms with Gasteiger partial charge in [-0.15, -0.1) is 0 Å². The van der Waals surface area contributed by atoms with Gasteiger partial charge < -0.3 is 19.1 Å². The molecule has 1 amide bonds. The molecule has 0 bridgehead atoms. The first kappa shape index (κ1) is 32.0. The van der Waals surface area contributed by atoms with Crippen LogP contribution in [0.3, 0.4) is 0 Å². The van der Waals surface area contributed by atoms with E-state index in [0.29, 0.717) is 43.7 Å². The average molecular weight is 607 g/mol. The number of piperidine rings is 1. The predicted molar refractivity (Wildman–Crippen MR) is 166 cm³/mol. The van der Waals surface area contributed by atoms with Gasteiger partial charge in [-0.2, -0.15) is 5.26 Å². The molecule has 3 aromatic rings. The van der Waals surface area contributed by atoms with E-state index in [4.69, 9.17) is 4.74 Å². The number of hydrogen-bond donors (Lipinski definition) is 1. The highest BCUT2D eigenvalue weighted by Crippen LogP contribution is 2.27. The first-order chi connectivity index (χ1) is 20.3. The number of aromatic nitrogens is 2. The van der Waals surface area contributed by atoms with Crippen molar-refractivity contribution in [2.75, 3.05) is 24.5 Å². The second-order valence-corrected chi connectivity index (χ2v) is 13.9. The van der Waals surface area contributed by atoms with Crippen LogP contribution >= 0.6 is 0 Å². The van der Waals surface area contributed by atoms with Crippen LogP contribution < -0.4 is 9.62 Å². The summed E-state index contributed by atoms with van der Waals surface area (Å²) in [6, 6.07) is 16.0. The van der Waals surface area contributed by atoms with E-state index in [2.05, 4.69) is 20.7 Å². The van der Waals surface area contributed by atoms with Crippen LogP contribution in [0, 0.1) is 24.2 Å². The zero-order valence-electron chi connectivity index (χ0n) is 25.7. The summed E-state index contributed by atoms with van der Waals surface area (Å²) in [7, 11) is -1.89. The lowest BCUT2D eigenvalue weighted by atomic mass is 9.90. The molecule has 0 radical (unpaired) electrons. The van der Waals surface area contributed by atoms with E-state index in [0.717, 1.165) is 24.2 Å². The number of carbonyl (C=O) groups excluding carboxylic acids is 1. The Hall–Kier alpha value is -3.88. The summed E-state index contributed by atoms with van der Waals surface area (Å²) in [6.45, 7) is 9.38. The number of nitrogens with one attached hydrogen (secondary N) is 1. The lowest BCUT2D eigenvalue weighted by Gasteiger charge is -2.36. The van der Waals surface area contributed by atoms with Crippen molar-refractivity contribution in [3.63, 3.8) is 0 Å². The third-order valence-corrected chi connectivity index (χ3v) is 9.34. The minimum atomic E-state index is -3.82. The standard InChI is InChI=1S/C32H42N6O4S/c1-24-8-6-7-9-30(24)43(40,41)35-27(18-25-14-16-37(17-15-25)31(39)42-32(2,3)4)21-38(22-29-20-34-23-36(29)5)28-12-10-26(19-33)11-13-28/h6-13,20,23,25,27,35H,14-18,21-22H2,1-5H3. The highest BCUT2D eigenvalue weighted by Gasteiger charge is 2.31. The summed E-state index contributed by atoms with van der Waals surface area (Å²) < 4.78 is 37.9. The van der Waals surface area contributed by atoms with Gasteiger partial charge in [-0.1, -0.05) is 18.2 Å². The van der Waals surface area contributed by atoms with Gasteiger partial charge in [-0.05, 0) is 88.8 Å². The molecule has 11 heteroatoms. The Morgan fingerprint density at radius 2 is 1.84 bits per heavy atom. The van der Waals surface area contributed by atoms with Crippen molar-refractivity contribution in [3.8, 4) is 6.07 Å². The van der Waals surface area contributed by atoms with Gasteiger partial charge in [0.2, 0.25) is 10.0 Å². The van der Waals surface area contributed by atoms with Crippen molar-refractivity contribution in [1.29, 1.82) is 5.26 Å². The number of anilines is 1. The first-order valence-electron chi connectivity index (χ1n) is 14.6. The summed E-state index contributed by atoms with van der Waals surface area (Å²) in [4.78, 5) is 21.0. The molecular formula is C32H42N6O4S. The Kier molecular flexibility index (Phi) is 10.1. The molecule has 0 spiro atoms. The van der Waals surface area contributed by atoms with Gasteiger partial charge in [0.05, 0.1) is 35.1 Å². The van der Waals surface area contributed by atoms with Crippen LogP contribution in [-0.2, 0) is 28.4 Å². The van der Waals surface area contributed by atoms with Gasteiger partial charge >= 0.3 is 6.09 Å². The predicted octanol–water partition coefficient (Wildman–Crippen LogP) is 4.99. The second kappa shape index (κ2) is 13.6. The Morgan fingerprint density at radius 3 is 2.42 bits per heavy atom. The summed E-state index contributed by atoms with van der Waals surface area (Å²) in [5.74, 6) is 0.211. The Morgan fingerprint density at radius 1 is 1.16 bits per heavy atom. The van der Waals surface area contributed by atoms with Gasteiger partial charge in [-0.3, -0.25) is 0 Å². The van der Waals surface area contributed by atoms with Crippen LogP contribution in [0.25, 0.3) is 0 Å². The van der Waals surface area contributed by atoms with Crippen molar-refractivity contribution in [2.45, 2.75) is 70.0 Å². The molecule has 4 rings (SSSR count). The number of rotatable bonds is 10. The third-order valence-electron chi connectivity index (χ3n) is 7.66. The summed E-state index contributed by atoms with van der Waals surface area (Å²) >= 11 is 0. The molecule has 1 unspecified atom stereocenters. The van der Waals surface area contributed by atoms with E-state index in [1.165, 1.54) is 0 Å². The molecule has 1 N–H and O–H groups in total. The number of amides is 1. The minimum Gasteiger partial charge on any atom is -0.444 e. The minimum absolute atomic E-state index is 0.211. The number of nitrogens with zero attached hydrogens (tertiary/aromatic N) is 5. The molecule has 1 aromatic heterocycles. The largest absolute Gasteiger partial charge is 0.444 e. The third kappa shape index (κ3) is 8.81. The fourth-order valence-electron chi connectivity index (χ4n) is 5.39. The Bertz CT molecular complexity index is 1530. The number of nitriles is 1. The van der Waals surface area contributed by atoms with E-state index < -0.39 is 21.7 Å². The lowest BCUT2D eigenvalue weighted by molar-refractivity contribution is 0.0179. The number of benzene rings is 2. The molecule has 1 aliphatic rings. The number of carbonyl (C=O) groups is 1. The van der Waals surface area contributed by atoms with Crippen LogP contribution in [0.2, 0.25) is 0 Å². The number of hydrogen-bond acceptors (Lipinski definition) is 7. The zero-order valence-corrected chi connectivity index (χ0v) is 26.5. The maximum absolute atomic E-state index is 13.7. The molecule has 230 valence electrons. The monoisotopic (exact) mass is 606 g/mol. The Balaban J connectivity index is 1.58. The normalized spacial score (nSPS) is 15.1. The smallest absolute Gasteiger partial charge is 0.410 e. The van der Waals surface area contributed by atoms with Gasteiger partial charge in [0.1, 0.15) is 5.60 Å². The van der Waals surface area contributed by atoms with Crippen molar-refractivity contribution in [3.05, 3.63) is 77.9 Å². The zero-order chi connectivity index (χ0) is 31.2. The summed E-state index contributed by atoms with van der Waals surface area (Å²) in [6.07, 6.45) is 5.33. The molecule has 2 heterocycles. The van der Waals surface area contributed by atoms with Crippen LogP contribution in [0.5, 0.6) is 0 Å². The molecule has 10 nitrogen and oxygen atoms in total. The van der Waals surface area contributed by atoms with Gasteiger partial charge in [-0.25, -0.2) is 22.9 Å². The molecule has 43 heavy (non-hydrogen) atoms. The molecule has 0 saturated carbocycles. The maximum atomic E-state index is 13.7. The van der Waals surface area contributed by atoms with E-state index in [9.17, 15) is 18.5 Å². The first-order valence-corrected chi connectivity index (χ1v) is 16.1. The fraction of sp³-hybridized carbons (Fsp3) is 0.469. The number of ether oxygens (including phenoxy) is 1. The summed E-state index contributed by atoms with van der Waals surface area (Å²) in [5.41, 5.74) is 2.52. The topological polar surface area (TPSA) is 121 Å². The number of likely N-dealkylation sites (tertiary alicyclic amines) is 1. The van der Waals surface area contributed by atoms with E-state index >= 15 is 0 Å². The van der Waals surface area contributed by atoms with E-state index in [1.807, 2.05) is 50.6 Å². The molecule has 1 saturated heterocycles.